The second kappa shape index (κ2) is 5.33. The molecule has 0 radical (unpaired) electrons. The second-order valence-corrected chi connectivity index (χ2v) is 5.12. The van der Waals surface area contributed by atoms with Crippen molar-refractivity contribution in [2.45, 2.75) is 12.3 Å². The van der Waals surface area contributed by atoms with Crippen LogP contribution in [0.4, 0.5) is 5.69 Å². The van der Waals surface area contributed by atoms with Gasteiger partial charge in [0.2, 0.25) is 0 Å². The summed E-state index contributed by atoms with van der Waals surface area (Å²) < 4.78 is 0. The minimum atomic E-state index is -0.0317. The van der Waals surface area contributed by atoms with Crippen LogP contribution in [0, 0.1) is 0 Å². The number of nitrogen functional groups attached to an aromatic ring is 1. The summed E-state index contributed by atoms with van der Waals surface area (Å²) in [7, 11) is 0. The van der Waals surface area contributed by atoms with Crippen LogP contribution in [0.25, 0.3) is 0 Å². The number of aromatic nitrogens is 1. The Kier molecular flexibility index (Phi) is 3.37. The Balaban J connectivity index is 1.73. The Morgan fingerprint density at radius 3 is 2.80 bits per heavy atom. The summed E-state index contributed by atoms with van der Waals surface area (Å²) >= 11 is 0. The van der Waals surface area contributed by atoms with Crippen molar-refractivity contribution in [3.63, 3.8) is 0 Å². The summed E-state index contributed by atoms with van der Waals surface area (Å²) in [6.07, 6.45) is 2.57. The van der Waals surface area contributed by atoms with E-state index in [-0.39, 0.29) is 5.91 Å². The van der Waals surface area contributed by atoms with Gasteiger partial charge >= 0.3 is 0 Å². The summed E-state index contributed by atoms with van der Waals surface area (Å²) in [5.41, 5.74) is 8.00. The van der Waals surface area contributed by atoms with Crippen molar-refractivity contribution in [1.29, 1.82) is 0 Å². The molecule has 2 N–H and O–H groups in total. The molecule has 1 saturated heterocycles. The largest absolute Gasteiger partial charge is 0.399 e. The lowest BCUT2D eigenvalue weighted by Gasteiger charge is -2.16. The number of hydrogen-bond donors (Lipinski definition) is 1. The summed E-state index contributed by atoms with van der Waals surface area (Å²) in [4.78, 5) is 18.4. The molecule has 1 aromatic heterocycles. The zero-order valence-electron chi connectivity index (χ0n) is 11.2. The van der Waals surface area contributed by atoms with Gasteiger partial charge in [0.05, 0.1) is 0 Å². The van der Waals surface area contributed by atoms with Crippen molar-refractivity contribution >= 4 is 11.6 Å². The van der Waals surface area contributed by atoms with E-state index in [0.717, 1.165) is 19.5 Å². The predicted molar refractivity (Wildman–Crippen MR) is 78.4 cm³/mol. The van der Waals surface area contributed by atoms with Crippen LogP contribution < -0.4 is 5.73 Å². The molecule has 2 heterocycles. The average molecular weight is 267 g/mol. The number of carbonyl (C=O) groups is 1. The van der Waals surface area contributed by atoms with Crippen molar-refractivity contribution in [1.82, 2.24) is 9.88 Å². The fourth-order valence-electron chi connectivity index (χ4n) is 2.67. The molecule has 4 heteroatoms. The Labute approximate surface area is 118 Å². The molecule has 4 nitrogen and oxygen atoms in total. The number of pyridine rings is 1. The van der Waals surface area contributed by atoms with E-state index in [9.17, 15) is 4.79 Å². The Hall–Kier alpha value is -2.36. The lowest BCUT2D eigenvalue weighted by atomic mass is 9.99. The van der Waals surface area contributed by atoms with Crippen LogP contribution in [-0.4, -0.2) is 28.9 Å². The van der Waals surface area contributed by atoms with E-state index in [0.29, 0.717) is 17.3 Å². The molecule has 2 aromatic rings. The maximum atomic E-state index is 12.4. The fourth-order valence-corrected chi connectivity index (χ4v) is 2.67. The molecular formula is C16H17N3O. The predicted octanol–water partition coefficient (Wildman–Crippen LogP) is 2.29. The Morgan fingerprint density at radius 2 is 2.05 bits per heavy atom. The first kappa shape index (κ1) is 12.7. The molecule has 1 fully saturated rings. The summed E-state index contributed by atoms with van der Waals surface area (Å²) in [5.74, 6) is 0.386. The molecule has 102 valence electrons. The maximum absolute atomic E-state index is 12.4. The van der Waals surface area contributed by atoms with Crippen LogP contribution in [0.2, 0.25) is 0 Å². The highest BCUT2D eigenvalue weighted by atomic mass is 16.2. The minimum absolute atomic E-state index is 0.0317. The van der Waals surface area contributed by atoms with E-state index in [1.165, 1.54) is 5.56 Å². The van der Waals surface area contributed by atoms with E-state index < -0.39 is 0 Å². The van der Waals surface area contributed by atoms with E-state index in [1.807, 2.05) is 23.1 Å². The summed E-state index contributed by atoms with van der Waals surface area (Å²) in [5, 5.41) is 0. The third-order valence-corrected chi connectivity index (χ3v) is 3.75. The van der Waals surface area contributed by atoms with Crippen LogP contribution in [-0.2, 0) is 0 Å². The van der Waals surface area contributed by atoms with Crippen LogP contribution >= 0.6 is 0 Å². The number of carbonyl (C=O) groups excluding carboxylic acids is 1. The topological polar surface area (TPSA) is 59.2 Å². The lowest BCUT2D eigenvalue weighted by Crippen LogP contribution is -2.29. The molecule has 20 heavy (non-hydrogen) atoms. The van der Waals surface area contributed by atoms with Crippen LogP contribution in [0.15, 0.2) is 48.7 Å². The van der Waals surface area contributed by atoms with Crippen molar-refractivity contribution in [2.75, 3.05) is 18.8 Å². The molecule has 0 spiro atoms. The van der Waals surface area contributed by atoms with Crippen molar-refractivity contribution in [3.05, 3.63) is 59.9 Å². The Morgan fingerprint density at radius 1 is 1.25 bits per heavy atom. The summed E-state index contributed by atoms with van der Waals surface area (Å²) in [6.45, 7) is 1.52. The number of hydrogen-bond acceptors (Lipinski definition) is 3. The highest BCUT2D eigenvalue weighted by Crippen LogP contribution is 2.27. The highest BCUT2D eigenvalue weighted by Gasteiger charge is 2.28. The number of nitrogens with zero attached hydrogens (tertiary/aromatic N) is 2. The van der Waals surface area contributed by atoms with Gasteiger partial charge in [-0.2, -0.15) is 0 Å². The lowest BCUT2D eigenvalue weighted by molar-refractivity contribution is 0.0785. The minimum Gasteiger partial charge on any atom is -0.399 e. The van der Waals surface area contributed by atoms with E-state index in [2.05, 4.69) is 17.1 Å². The van der Waals surface area contributed by atoms with Crippen LogP contribution in [0.5, 0.6) is 0 Å². The monoisotopic (exact) mass is 267 g/mol. The molecular weight excluding hydrogens is 250 g/mol. The molecule has 1 aliphatic rings. The first-order chi connectivity index (χ1) is 9.74. The molecule has 1 amide bonds. The van der Waals surface area contributed by atoms with Crippen LogP contribution in [0.3, 0.4) is 0 Å². The molecule has 0 aliphatic carbocycles. The van der Waals surface area contributed by atoms with Crippen molar-refractivity contribution in [3.8, 4) is 0 Å². The molecule has 1 aliphatic heterocycles. The van der Waals surface area contributed by atoms with Gasteiger partial charge in [0.15, 0.2) is 0 Å². The summed E-state index contributed by atoms with van der Waals surface area (Å²) in [6, 6.07) is 13.7. The van der Waals surface area contributed by atoms with E-state index in [1.54, 1.807) is 18.3 Å². The molecule has 1 atom stereocenters. The van der Waals surface area contributed by atoms with Gasteiger partial charge in [-0.25, -0.2) is 0 Å². The van der Waals surface area contributed by atoms with Gasteiger partial charge in [-0.15, -0.1) is 0 Å². The van der Waals surface area contributed by atoms with Gasteiger partial charge in [0.25, 0.3) is 5.91 Å². The maximum Gasteiger partial charge on any atom is 0.272 e. The van der Waals surface area contributed by atoms with Crippen molar-refractivity contribution < 1.29 is 4.79 Å². The molecule has 1 unspecified atom stereocenters. The first-order valence-corrected chi connectivity index (χ1v) is 6.80. The molecule has 0 bridgehead atoms. The molecule has 0 saturated carbocycles. The van der Waals surface area contributed by atoms with Crippen molar-refractivity contribution in [2.24, 2.45) is 0 Å². The third kappa shape index (κ3) is 2.50. The number of benzene rings is 1. The zero-order chi connectivity index (χ0) is 13.9. The third-order valence-electron chi connectivity index (χ3n) is 3.75. The number of nitrogens with two attached hydrogens (primary N) is 1. The van der Waals surface area contributed by atoms with Gasteiger partial charge in [-0.3, -0.25) is 9.78 Å². The van der Waals surface area contributed by atoms with Gasteiger partial charge in [-0.05, 0) is 24.1 Å². The first-order valence-electron chi connectivity index (χ1n) is 6.80. The SMILES string of the molecule is Nc1ccnc(C(=O)N2CCC(c3ccccc3)C2)c1. The quantitative estimate of drug-likeness (QED) is 0.908. The highest BCUT2D eigenvalue weighted by molar-refractivity contribution is 5.93. The number of anilines is 1. The zero-order valence-corrected chi connectivity index (χ0v) is 11.2. The van der Waals surface area contributed by atoms with E-state index >= 15 is 0 Å². The normalized spacial score (nSPS) is 18.2. The fraction of sp³-hybridized carbons (Fsp3) is 0.250. The second-order valence-electron chi connectivity index (χ2n) is 5.12. The average Bonchev–Trinajstić information content (AvgIpc) is 2.97. The molecule has 3 rings (SSSR count). The number of likely N-dealkylation sites (tertiary alicyclic amines) is 1. The molecule has 1 aromatic carbocycles. The smallest absolute Gasteiger partial charge is 0.272 e. The van der Waals surface area contributed by atoms with Gasteiger partial charge in [-0.1, -0.05) is 30.3 Å². The number of rotatable bonds is 2. The van der Waals surface area contributed by atoms with Gasteiger partial charge in [0, 0.05) is 30.9 Å². The van der Waals surface area contributed by atoms with Gasteiger partial charge < -0.3 is 10.6 Å². The number of amides is 1. The van der Waals surface area contributed by atoms with Gasteiger partial charge in [0.1, 0.15) is 5.69 Å². The van der Waals surface area contributed by atoms with Crippen LogP contribution in [0.1, 0.15) is 28.4 Å². The Bertz CT molecular complexity index is 612. The van der Waals surface area contributed by atoms with E-state index in [4.69, 9.17) is 5.73 Å². The standard InChI is InChI=1S/C16H17N3O/c17-14-6-8-18-15(10-14)16(20)19-9-7-13(11-19)12-4-2-1-3-5-12/h1-6,8,10,13H,7,9,11H2,(H2,17,18).